The van der Waals surface area contributed by atoms with Gasteiger partial charge in [-0.1, -0.05) is 19.3 Å². The van der Waals surface area contributed by atoms with Gasteiger partial charge in [-0.2, -0.15) is 0 Å². The van der Waals surface area contributed by atoms with Crippen molar-refractivity contribution in [3.05, 3.63) is 0 Å². The average molecular weight is 315 g/mol. The highest BCUT2D eigenvalue weighted by Gasteiger charge is 2.44. The van der Waals surface area contributed by atoms with E-state index in [1.54, 1.807) is 0 Å². The van der Waals surface area contributed by atoms with Gasteiger partial charge in [0, 0.05) is 12.6 Å². The van der Waals surface area contributed by atoms with Crippen molar-refractivity contribution < 1.29 is 13.2 Å². The zero-order valence-electron chi connectivity index (χ0n) is 13.1. The summed E-state index contributed by atoms with van der Waals surface area (Å²) in [6, 6.07) is 0.338. The highest BCUT2D eigenvalue weighted by Crippen LogP contribution is 2.43. The third-order valence-electron chi connectivity index (χ3n) is 5.91. The molecule has 2 saturated heterocycles. The van der Waals surface area contributed by atoms with E-state index in [9.17, 15) is 8.42 Å². The maximum Gasteiger partial charge on any atom is 0.150 e. The van der Waals surface area contributed by atoms with E-state index in [4.69, 9.17) is 4.74 Å². The number of ether oxygens (including phenoxy) is 1. The minimum atomic E-state index is -2.79. The molecule has 0 aromatic rings. The molecule has 0 bridgehead atoms. The van der Waals surface area contributed by atoms with Gasteiger partial charge in [0.05, 0.1) is 17.1 Å². The summed E-state index contributed by atoms with van der Waals surface area (Å²) in [4.78, 5) is 0. The molecule has 2 heterocycles. The van der Waals surface area contributed by atoms with Crippen LogP contribution in [0.25, 0.3) is 0 Å². The first-order chi connectivity index (χ1) is 10.0. The highest BCUT2D eigenvalue weighted by atomic mass is 32.2. The van der Waals surface area contributed by atoms with Gasteiger partial charge in [-0.05, 0) is 51.0 Å². The largest absolute Gasteiger partial charge is 0.375 e. The van der Waals surface area contributed by atoms with Crippen LogP contribution in [0.1, 0.15) is 51.4 Å². The molecule has 21 heavy (non-hydrogen) atoms. The number of hydrogen-bond donors (Lipinski definition) is 1. The molecule has 1 aliphatic carbocycles. The van der Waals surface area contributed by atoms with E-state index in [0.717, 1.165) is 25.9 Å². The van der Waals surface area contributed by atoms with Crippen LogP contribution < -0.4 is 5.32 Å². The molecule has 3 unspecified atom stereocenters. The molecule has 2 aliphatic heterocycles. The van der Waals surface area contributed by atoms with Gasteiger partial charge in [-0.3, -0.25) is 0 Å². The normalized spacial score (nSPS) is 36.6. The van der Waals surface area contributed by atoms with Crippen molar-refractivity contribution in [3.63, 3.8) is 0 Å². The molecule has 3 rings (SSSR count). The summed E-state index contributed by atoms with van der Waals surface area (Å²) in [6.07, 6.45) is 9.33. The topological polar surface area (TPSA) is 55.4 Å². The third-order valence-corrected chi connectivity index (χ3v) is 7.71. The Hall–Kier alpha value is -0.130. The maximum atomic E-state index is 11.8. The van der Waals surface area contributed by atoms with Crippen LogP contribution in [0.2, 0.25) is 0 Å². The molecule has 1 saturated carbocycles. The Morgan fingerprint density at radius 2 is 1.90 bits per heavy atom. The number of rotatable bonds is 3. The molecule has 1 spiro atoms. The summed E-state index contributed by atoms with van der Waals surface area (Å²) in [6.45, 7) is 0.850. The zero-order valence-corrected chi connectivity index (χ0v) is 14.0. The zero-order chi connectivity index (χ0) is 14.9. The lowest BCUT2D eigenvalue weighted by atomic mass is 9.72. The smallest absolute Gasteiger partial charge is 0.150 e. The van der Waals surface area contributed by atoms with Crippen molar-refractivity contribution in [2.75, 3.05) is 25.2 Å². The van der Waals surface area contributed by atoms with Crippen molar-refractivity contribution in [3.8, 4) is 0 Å². The molecule has 0 radical (unpaired) electrons. The Balaban J connectivity index is 1.69. The second-order valence-corrected chi connectivity index (χ2v) is 9.55. The van der Waals surface area contributed by atoms with Gasteiger partial charge < -0.3 is 10.1 Å². The van der Waals surface area contributed by atoms with Crippen LogP contribution in [-0.2, 0) is 14.6 Å². The van der Waals surface area contributed by atoms with Gasteiger partial charge in [-0.15, -0.1) is 0 Å². The molecule has 5 heteroatoms. The predicted molar refractivity (Wildman–Crippen MR) is 84.1 cm³/mol. The van der Waals surface area contributed by atoms with Crippen LogP contribution in [0, 0.1) is 11.8 Å². The molecule has 1 N–H and O–H groups in total. The lowest BCUT2D eigenvalue weighted by Crippen LogP contribution is -2.49. The summed E-state index contributed by atoms with van der Waals surface area (Å²) in [7, 11) is -0.795. The predicted octanol–water partition coefficient (Wildman–Crippen LogP) is 2.14. The fourth-order valence-corrected chi connectivity index (χ4v) is 6.73. The Bertz CT molecular complexity index is 451. The first-order valence-corrected chi connectivity index (χ1v) is 10.4. The first-order valence-electron chi connectivity index (χ1n) is 8.55. The quantitative estimate of drug-likeness (QED) is 0.867. The SMILES string of the molecule is CNC(C1CCOC2(CCCCC2)C1)C1CCS(=O)(=O)C1. The molecular weight excluding hydrogens is 286 g/mol. The van der Waals surface area contributed by atoms with E-state index in [1.807, 2.05) is 7.05 Å². The van der Waals surface area contributed by atoms with Gasteiger partial charge in [0.15, 0.2) is 9.84 Å². The summed E-state index contributed by atoms with van der Waals surface area (Å²) in [5, 5.41) is 3.45. The first kappa shape index (κ1) is 15.8. The lowest BCUT2D eigenvalue weighted by Gasteiger charge is -2.46. The van der Waals surface area contributed by atoms with Crippen LogP contribution in [-0.4, -0.2) is 45.2 Å². The Kier molecular flexibility index (Phi) is 4.63. The van der Waals surface area contributed by atoms with Crippen molar-refractivity contribution in [2.45, 2.75) is 63.0 Å². The monoisotopic (exact) mass is 315 g/mol. The molecule has 0 aromatic carbocycles. The standard InChI is InChI=1S/C16H29NO3S/c1-17-15(14-6-10-21(18,19)12-14)13-5-9-20-16(11-13)7-3-2-4-8-16/h13-15,17H,2-12H2,1H3. The van der Waals surface area contributed by atoms with Crippen LogP contribution in [0.5, 0.6) is 0 Å². The third kappa shape index (κ3) is 3.45. The fraction of sp³-hybridized carbons (Fsp3) is 1.00. The van der Waals surface area contributed by atoms with Crippen LogP contribution >= 0.6 is 0 Å². The highest BCUT2D eigenvalue weighted by molar-refractivity contribution is 7.91. The average Bonchev–Trinajstić information content (AvgIpc) is 2.81. The van der Waals surface area contributed by atoms with Gasteiger partial charge in [0.2, 0.25) is 0 Å². The van der Waals surface area contributed by atoms with E-state index >= 15 is 0 Å². The van der Waals surface area contributed by atoms with Gasteiger partial charge >= 0.3 is 0 Å². The van der Waals surface area contributed by atoms with E-state index in [-0.39, 0.29) is 5.60 Å². The second-order valence-electron chi connectivity index (χ2n) is 7.32. The molecule has 0 aromatic heterocycles. The van der Waals surface area contributed by atoms with Crippen LogP contribution in [0.3, 0.4) is 0 Å². The van der Waals surface area contributed by atoms with E-state index in [1.165, 1.54) is 32.1 Å². The molecular formula is C16H29NO3S. The number of nitrogens with one attached hydrogen (secondary N) is 1. The molecule has 4 nitrogen and oxygen atoms in total. The van der Waals surface area contributed by atoms with E-state index < -0.39 is 9.84 Å². The Morgan fingerprint density at radius 1 is 1.14 bits per heavy atom. The van der Waals surface area contributed by atoms with Crippen LogP contribution in [0.15, 0.2) is 0 Å². The minimum absolute atomic E-state index is 0.105. The molecule has 3 aliphatic rings. The molecule has 3 fully saturated rings. The fourth-order valence-electron chi connectivity index (χ4n) is 4.88. The van der Waals surface area contributed by atoms with Crippen molar-refractivity contribution in [1.29, 1.82) is 0 Å². The summed E-state index contributed by atoms with van der Waals surface area (Å²) < 4.78 is 29.8. The summed E-state index contributed by atoms with van der Waals surface area (Å²) in [5.41, 5.74) is 0.105. The summed E-state index contributed by atoms with van der Waals surface area (Å²) in [5.74, 6) is 1.62. The minimum Gasteiger partial charge on any atom is -0.375 e. The van der Waals surface area contributed by atoms with E-state index in [0.29, 0.717) is 29.4 Å². The van der Waals surface area contributed by atoms with Crippen molar-refractivity contribution >= 4 is 9.84 Å². The van der Waals surface area contributed by atoms with Crippen molar-refractivity contribution in [1.82, 2.24) is 5.32 Å². The Morgan fingerprint density at radius 3 is 2.52 bits per heavy atom. The van der Waals surface area contributed by atoms with Crippen LogP contribution in [0.4, 0.5) is 0 Å². The van der Waals surface area contributed by atoms with Gasteiger partial charge in [0.25, 0.3) is 0 Å². The molecule has 0 amide bonds. The van der Waals surface area contributed by atoms with Gasteiger partial charge in [0.1, 0.15) is 0 Å². The maximum absolute atomic E-state index is 11.8. The Labute approximate surface area is 128 Å². The summed E-state index contributed by atoms with van der Waals surface area (Å²) >= 11 is 0. The number of sulfone groups is 1. The lowest BCUT2D eigenvalue weighted by molar-refractivity contribution is -0.123. The second kappa shape index (κ2) is 6.17. The number of hydrogen-bond acceptors (Lipinski definition) is 4. The van der Waals surface area contributed by atoms with Crippen molar-refractivity contribution in [2.24, 2.45) is 11.8 Å². The van der Waals surface area contributed by atoms with E-state index in [2.05, 4.69) is 5.32 Å². The molecule has 122 valence electrons. The van der Waals surface area contributed by atoms with Gasteiger partial charge in [-0.25, -0.2) is 8.42 Å². The molecule has 3 atom stereocenters.